The van der Waals surface area contributed by atoms with E-state index in [0.29, 0.717) is 5.69 Å². The van der Waals surface area contributed by atoms with Gasteiger partial charge in [-0.15, -0.1) is 0 Å². The predicted molar refractivity (Wildman–Crippen MR) is 69.4 cm³/mol. The third kappa shape index (κ3) is 2.53. The summed E-state index contributed by atoms with van der Waals surface area (Å²) in [6, 6.07) is 0. The largest absolute Gasteiger partial charge is 0.462 e. The van der Waals surface area contributed by atoms with E-state index in [4.69, 9.17) is 9.47 Å². The third-order valence-electron chi connectivity index (χ3n) is 2.47. The number of esters is 2. The second-order valence-electron chi connectivity index (χ2n) is 3.72. The van der Waals surface area contributed by atoms with Gasteiger partial charge in [0.25, 0.3) is 0 Å². The number of hydrogen-bond donors (Lipinski definition) is 1. The lowest BCUT2D eigenvalue weighted by Crippen LogP contribution is -2.28. The number of carbonyl (C=O) groups excluding carboxylic acids is 2. The Morgan fingerprint density at radius 2 is 1.90 bits per heavy atom. The lowest BCUT2D eigenvalue weighted by Gasteiger charge is -2.17. The van der Waals surface area contributed by atoms with Crippen molar-refractivity contribution in [2.24, 2.45) is 5.10 Å². The van der Waals surface area contributed by atoms with Crippen LogP contribution in [0, 0.1) is 0 Å². The summed E-state index contributed by atoms with van der Waals surface area (Å²) in [6.45, 7) is 3.60. The van der Waals surface area contributed by atoms with Crippen LogP contribution in [0.15, 0.2) is 23.2 Å². The highest BCUT2D eigenvalue weighted by molar-refractivity contribution is 6.18. The Bertz CT molecular complexity index is 568. The molecule has 1 aliphatic heterocycles. The first-order valence-electron chi connectivity index (χ1n) is 6.09. The van der Waals surface area contributed by atoms with Crippen LogP contribution < -0.4 is 5.43 Å². The standard InChI is InChI=1S/C12H14N4O4/c1-3-19-11(17)9(12(18)20-4-2)10-15-14-6-8-5-13-7-16(8)10/h5-7,15H,3-4H2,1-2H3. The van der Waals surface area contributed by atoms with Crippen LogP contribution in [0.3, 0.4) is 0 Å². The molecule has 0 saturated heterocycles. The molecular formula is C12H14N4O4. The molecular weight excluding hydrogens is 264 g/mol. The van der Waals surface area contributed by atoms with Gasteiger partial charge in [-0.05, 0) is 13.8 Å². The van der Waals surface area contributed by atoms with Crippen molar-refractivity contribution < 1.29 is 19.1 Å². The number of hydrazone groups is 1. The van der Waals surface area contributed by atoms with Gasteiger partial charge in [0.05, 0.1) is 31.3 Å². The number of carbonyl (C=O) groups is 2. The molecule has 0 radical (unpaired) electrons. The summed E-state index contributed by atoms with van der Waals surface area (Å²) in [5, 5.41) is 3.87. The van der Waals surface area contributed by atoms with E-state index >= 15 is 0 Å². The Labute approximate surface area is 115 Å². The van der Waals surface area contributed by atoms with E-state index in [9.17, 15) is 9.59 Å². The third-order valence-corrected chi connectivity index (χ3v) is 2.47. The lowest BCUT2D eigenvalue weighted by molar-refractivity contribution is -0.146. The van der Waals surface area contributed by atoms with E-state index in [1.165, 1.54) is 17.1 Å². The van der Waals surface area contributed by atoms with Crippen LogP contribution in [-0.4, -0.2) is 40.9 Å². The molecule has 1 N–H and O–H groups in total. The van der Waals surface area contributed by atoms with Crippen molar-refractivity contribution in [2.75, 3.05) is 13.2 Å². The minimum atomic E-state index is -0.773. The monoisotopic (exact) mass is 278 g/mol. The van der Waals surface area contributed by atoms with Gasteiger partial charge in [-0.3, -0.25) is 9.99 Å². The molecule has 1 aromatic heterocycles. The quantitative estimate of drug-likeness (QED) is 0.364. The smallest absolute Gasteiger partial charge is 0.349 e. The fourth-order valence-corrected chi connectivity index (χ4v) is 1.66. The highest BCUT2D eigenvalue weighted by Gasteiger charge is 2.29. The second kappa shape index (κ2) is 6.00. The summed E-state index contributed by atoms with van der Waals surface area (Å²) < 4.78 is 11.3. The summed E-state index contributed by atoms with van der Waals surface area (Å²) in [4.78, 5) is 27.9. The Morgan fingerprint density at radius 3 is 2.50 bits per heavy atom. The van der Waals surface area contributed by atoms with Gasteiger partial charge in [0.1, 0.15) is 6.33 Å². The summed E-state index contributed by atoms with van der Waals surface area (Å²) in [6.07, 6.45) is 4.53. The maximum Gasteiger partial charge on any atom is 0.349 e. The molecule has 0 amide bonds. The Morgan fingerprint density at radius 1 is 1.25 bits per heavy atom. The van der Waals surface area contributed by atoms with Crippen LogP contribution in [-0.2, 0) is 19.1 Å². The van der Waals surface area contributed by atoms with Gasteiger partial charge >= 0.3 is 11.9 Å². The molecule has 0 aromatic carbocycles. The number of nitrogens with zero attached hydrogens (tertiary/aromatic N) is 3. The highest BCUT2D eigenvalue weighted by atomic mass is 16.6. The Kier molecular flexibility index (Phi) is 4.14. The first kappa shape index (κ1) is 13.8. The topological polar surface area (TPSA) is 94.8 Å². The van der Waals surface area contributed by atoms with E-state index in [1.807, 2.05) is 0 Å². The van der Waals surface area contributed by atoms with Gasteiger partial charge in [-0.1, -0.05) is 0 Å². The first-order chi connectivity index (χ1) is 9.69. The van der Waals surface area contributed by atoms with E-state index in [1.54, 1.807) is 20.0 Å². The molecule has 1 aliphatic rings. The van der Waals surface area contributed by atoms with Gasteiger partial charge in [-0.2, -0.15) is 5.10 Å². The number of fused-ring (bicyclic) bond motifs is 1. The van der Waals surface area contributed by atoms with Gasteiger partial charge in [-0.25, -0.2) is 14.6 Å². The van der Waals surface area contributed by atoms with Crippen LogP contribution >= 0.6 is 0 Å². The lowest BCUT2D eigenvalue weighted by atomic mass is 10.2. The van der Waals surface area contributed by atoms with E-state index in [-0.39, 0.29) is 24.6 Å². The molecule has 8 nitrogen and oxygen atoms in total. The van der Waals surface area contributed by atoms with Gasteiger partial charge in [0.15, 0.2) is 11.4 Å². The van der Waals surface area contributed by atoms with Gasteiger partial charge in [0.2, 0.25) is 0 Å². The number of ether oxygens (including phenoxy) is 2. The number of aromatic nitrogens is 2. The van der Waals surface area contributed by atoms with Gasteiger partial charge < -0.3 is 9.47 Å². The zero-order valence-corrected chi connectivity index (χ0v) is 11.1. The Balaban J connectivity index is 2.50. The maximum absolute atomic E-state index is 12.0. The van der Waals surface area contributed by atoms with Crippen molar-refractivity contribution in [2.45, 2.75) is 13.8 Å². The second-order valence-corrected chi connectivity index (χ2v) is 3.72. The average Bonchev–Trinajstić information content (AvgIpc) is 2.89. The van der Waals surface area contributed by atoms with Crippen LogP contribution in [0.25, 0.3) is 5.82 Å². The molecule has 106 valence electrons. The fraction of sp³-hybridized carbons (Fsp3) is 0.333. The van der Waals surface area contributed by atoms with Gasteiger partial charge in [0, 0.05) is 0 Å². The van der Waals surface area contributed by atoms with Crippen molar-refractivity contribution in [1.82, 2.24) is 15.0 Å². The van der Waals surface area contributed by atoms with Crippen LogP contribution in [0.5, 0.6) is 0 Å². The van der Waals surface area contributed by atoms with Crippen LogP contribution in [0.2, 0.25) is 0 Å². The minimum Gasteiger partial charge on any atom is -0.462 e. The molecule has 2 heterocycles. The number of imidazole rings is 1. The molecule has 0 fully saturated rings. The molecule has 1 aromatic rings. The minimum absolute atomic E-state index is 0.148. The molecule has 0 unspecified atom stereocenters. The SMILES string of the molecule is CCOC(=O)C(C(=O)OCC)=C1NN=Cc2cncn21. The van der Waals surface area contributed by atoms with Crippen molar-refractivity contribution in [3.63, 3.8) is 0 Å². The first-order valence-corrected chi connectivity index (χ1v) is 6.09. The fourth-order valence-electron chi connectivity index (χ4n) is 1.66. The van der Waals surface area contributed by atoms with Crippen LogP contribution in [0.4, 0.5) is 0 Å². The van der Waals surface area contributed by atoms with Crippen molar-refractivity contribution >= 4 is 24.0 Å². The summed E-state index contributed by atoms with van der Waals surface area (Å²) in [5.41, 5.74) is 2.99. The number of rotatable bonds is 4. The van der Waals surface area contributed by atoms with E-state index in [2.05, 4.69) is 15.5 Å². The highest BCUT2D eigenvalue weighted by Crippen LogP contribution is 2.16. The zero-order valence-electron chi connectivity index (χ0n) is 11.1. The van der Waals surface area contributed by atoms with Crippen molar-refractivity contribution in [3.8, 4) is 0 Å². The molecule has 8 heteroatoms. The molecule has 0 aliphatic carbocycles. The summed E-state index contributed by atoms with van der Waals surface area (Å²) in [5.74, 6) is -1.38. The predicted octanol–water partition coefficient (Wildman–Crippen LogP) is 0.115. The zero-order chi connectivity index (χ0) is 14.5. The Hall–Kier alpha value is -2.64. The summed E-state index contributed by atoms with van der Waals surface area (Å²) >= 11 is 0. The van der Waals surface area contributed by atoms with E-state index in [0.717, 1.165) is 0 Å². The molecule has 0 bridgehead atoms. The van der Waals surface area contributed by atoms with Crippen LogP contribution in [0.1, 0.15) is 19.5 Å². The maximum atomic E-state index is 12.0. The average molecular weight is 278 g/mol. The number of nitrogens with one attached hydrogen (secondary N) is 1. The normalized spacial score (nSPS) is 12.4. The molecule has 0 atom stereocenters. The molecule has 0 saturated carbocycles. The molecule has 0 spiro atoms. The summed E-state index contributed by atoms with van der Waals surface area (Å²) in [7, 11) is 0. The van der Waals surface area contributed by atoms with E-state index < -0.39 is 11.9 Å². The van der Waals surface area contributed by atoms with Crippen molar-refractivity contribution in [3.05, 3.63) is 23.8 Å². The molecule has 2 rings (SSSR count). The number of hydrogen-bond acceptors (Lipinski definition) is 7. The van der Waals surface area contributed by atoms with Crippen molar-refractivity contribution in [1.29, 1.82) is 0 Å². The molecule has 20 heavy (non-hydrogen) atoms.